The topological polar surface area (TPSA) is 95.5 Å². The van der Waals surface area contributed by atoms with Crippen molar-refractivity contribution in [1.82, 2.24) is 9.44 Å². The third kappa shape index (κ3) is 6.14. The van der Waals surface area contributed by atoms with E-state index in [1.807, 2.05) is 19.9 Å². The van der Waals surface area contributed by atoms with Crippen LogP contribution >= 0.6 is 0 Å². The van der Waals surface area contributed by atoms with Crippen LogP contribution in [0.1, 0.15) is 25.8 Å². The first-order valence-electron chi connectivity index (χ1n) is 6.34. The fourth-order valence-corrected chi connectivity index (χ4v) is 2.69. The van der Waals surface area contributed by atoms with Gasteiger partial charge in [0.25, 0.3) is 10.2 Å². The van der Waals surface area contributed by atoms with Gasteiger partial charge >= 0.3 is 5.97 Å². The van der Waals surface area contributed by atoms with Crippen LogP contribution in [-0.4, -0.2) is 25.5 Å². The highest BCUT2D eigenvalue weighted by molar-refractivity contribution is 7.87. The standard InChI is InChI=1S/C13H20N2O4S/c1-10(2)8-12(13(16)17)15-20(18,19)14-9-11-6-4-3-5-7-11/h3-7,10,12,14-15H,8-9H2,1-2H3,(H,16,17)/t12-/m0/s1. The van der Waals surface area contributed by atoms with Crippen molar-refractivity contribution in [2.45, 2.75) is 32.9 Å². The summed E-state index contributed by atoms with van der Waals surface area (Å²) < 4.78 is 28.1. The van der Waals surface area contributed by atoms with Gasteiger partial charge in [-0.2, -0.15) is 17.9 Å². The van der Waals surface area contributed by atoms with E-state index >= 15 is 0 Å². The SMILES string of the molecule is CC(C)C[C@H](NS(=O)(=O)NCc1ccccc1)C(=O)O. The van der Waals surface area contributed by atoms with Gasteiger partial charge in [0.1, 0.15) is 6.04 Å². The molecule has 0 saturated carbocycles. The van der Waals surface area contributed by atoms with Crippen LogP contribution in [0.4, 0.5) is 0 Å². The normalized spacial score (nSPS) is 13.3. The quantitative estimate of drug-likeness (QED) is 0.670. The number of hydrogen-bond donors (Lipinski definition) is 3. The first kappa shape index (κ1) is 16.6. The average molecular weight is 300 g/mol. The predicted molar refractivity (Wildman–Crippen MR) is 76.2 cm³/mol. The maximum Gasteiger partial charge on any atom is 0.321 e. The highest BCUT2D eigenvalue weighted by Crippen LogP contribution is 2.06. The second kappa shape index (κ2) is 7.37. The van der Waals surface area contributed by atoms with E-state index in [-0.39, 0.29) is 18.9 Å². The first-order valence-corrected chi connectivity index (χ1v) is 7.82. The van der Waals surface area contributed by atoms with E-state index in [4.69, 9.17) is 5.11 Å². The molecule has 0 radical (unpaired) electrons. The Hall–Kier alpha value is -1.44. The molecule has 1 rings (SSSR count). The van der Waals surface area contributed by atoms with Crippen LogP contribution in [0.2, 0.25) is 0 Å². The molecule has 0 saturated heterocycles. The first-order chi connectivity index (χ1) is 9.30. The van der Waals surface area contributed by atoms with Gasteiger partial charge in [-0.15, -0.1) is 0 Å². The minimum Gasteiger partial charge on any atom is -0.480 e. The minimum atomic E-state index is -3.85. The zero-order valence-electron chi connectivity index (χ0n) is 11.5. The zero-order chi connectivity index (χ0) is 15.2. The number of nitrogens with one attached hydrogen (secondary N) is 2. The molecule has 1 aromatic carbocycles. The predicted octanol–water partition coefficient (Wildman–Crippen LogP) is 1.11. The van der Waals surface area contributed by atoms with Crippen LogP contribution in [0.15, 0.2) is 30.3 Å². The summed E-state index contributed by atoms with van der Waals surface area (Å²) in [5, 5.41) is 9.02. The second-order valence-corrected chi connectivity index (χ2v) is 6.48. The lowest BCUT2D eigenvalue weighted by molar-refractivity contribution is -0.139. The summed E-state index contributed by atoms with van der Waals surface area (Å²) >= 11 is 0. The van der Waals surface area contributed by atoms with Crippen LogP contribution in [0.25, 0.3) is 0 Å². The highest BCUT2D eigenvalue weighted by atomic mass is 32.2. The number of hydrogen-bond acceptors (Lipinski definition) is 3. The third-order valence-corrected chi connectivity index (χ3v) is 3.73. The van der Waals surface area contributed by atoms with Crippen molar-refractivity contribution in [2.24, 2.45) is 5.92 Å². The van der Waals surface area contributed by atoms with Crippen LogP contribution in [0, 0.1) is 5.92 Å². The van der Waals surface area contributed by atoms with Crippen molar-refractivity contribution in [3.8, 4) is 0 Å². The van der Waals surface area contributed by atoms with Gasteiger partial charge in [0.05, 0.1) is 0 Å². The molecule has 6 nitrogen and oxygen atoms in total. The molecule has 7 heteroatoms. The lowest BCUT2D eigenvalue weighted by Crippen LogP contribution is -2.46. The lowest BCUT2D eigenvalue weighted by atomic mass is 10.1. The summed E-state index contributed by atoms with van der Waals surface area (Å²) in [6.45, 7) is 3.79. The van der Waals surface area contributed by atoms with Gasteiger partial charge in [0, 0.05) is 6.54 Å². The minimum absolute atomic E-state index is 0.0768. The molecule has 0 unspecified atom stereocenters. The molecular formula is C13H20N2O4S. The monoisotopic (exact) mass is 300 g/mol. The summed E-state index contributed by atoms with van der Waals surface area (Å²) in [6, 6.07) is 7.88. The van der Waals surface area contributed by atoms with E-state index < -0.39 is 22.2 Å². The van der Waals surface area contributed by atoms with Crippen LogP contribution in [0.5, 0.6) is 0 Å². The Morgan fingerprint density at radius 3 is 2.35 bits per heavy atom. The smallest absolute Gasteiger partial charge is 0.321 e. The molecule has 0 bridgehead atoms. The molecule has 0 aliphatic heterocycles. The van der Waals surface area contributed by atoms with Gasteiger partial charge in [-0.05, 0) is 17.9 Å². The van der Waals surface area contributed by atoms with E-state index in [0.29, 0.717) is 0 Å². The maximum absolute atomic E-state index is 11.8. The molecule has 112 valence electrons. The molecule has 0 aliphatic rings. The van der Waals surface area contributed by atoms with Crippen molar-refractivity contribution < 1.29 is 18.3 Å². The number of aliphatic carboxylic acids is 1. The maximum atomic E-state index is 11.8. The van der Waals surface area contributed by atoms with E-state index in [0.717, 1.165) is 5.56 Å². The summed E-state index contributed by atoms with van der Waals surface area (Å²) in [7, 11) is -3.85. The number of rotatable bonds is 8. The number of carboxylic acid groups (broad SMARTS) is 1. The third-order valence-electron chi connectivity index (χ3n) is 2.61. The van der Waals surface area contributed by atoms with E-state index in [9.17, 15) is 13.2 Å². The molecular weight excluding hydrogens is 280 g/mol. The molecule has 0 spiro atoms. The molecule has 1 aromatic rings. The second-order valence-electron chi connectivity index (χ2n) is 4.95. The largest absolute Gasteiger partial charge is 0.480 e. The Labute approximate surface area is 119 Å². The van der Waals surface area contributed by atoms with Crippen LogP contribution in [0.3, 0.4) is 0 Å². The fourth-order valence-electron chi connectivity index (χ4n) is 1.67. The van der Waals surface area contributed by atoms with Crippen molar-refractivity contribution in [3.63, 3.8) is 0 Å². The lowest BCUT2D eigenvalue weighted by Gasteiger charge is -2.17. The van der Waals surface area contributed by atoms with Gasteiger partial charge in [0.2, 0.25) is 0 Å². The Kier molecular flexibility index (Phi) is 6.12. The van der Waals surface area contributed by atoms with Gasteiger partial charge in [0.15, 0.2) is 0 Å². The molecule has 0 amide bonds. The number of carbonyl (C=O) groups is 1. The Morgan fingerprint density at radius 1 is 1.25 bits per heavy atom. The van der Waals surface area contributed by atoms with Crippen molar-refractivity contribution in [3.05, 3.63) is 35.9 Å². The summed E-state index contributed by atoms with van der Waals surface area (Å²) in [4.78, 5) is 11.0. The van der Waals surface area contributed by atoms with E-state index in [2.05, 4.69) is 9.44 Å². The van der Waals surface area contributed by atoms with Crippen molar-refractivity contribution in [2.75, 3.05) is 0 Å². The Bertz CT molecular complexity index is 529. The van der Waals surface area contributed by atoms with Gasteiger partial charge in [-0.25, -0.2) is 0 Å². The summed E-state index contributed by atoms with van der Waals surface area (Å²) in [5.74, 6) is -1.10. The Morgan fingerprint density at radius 2 is 1.85 bits per heavy atom. The molecule has 0 aromatic heterocycles. The summed E-state index contributed by atoms with van der Waals surface area (Å²) in [6.07, 6.45) is 0.238. The highest BCUT2D eigenvalue weighted by Gasteiger charge is 2.24. The summed E-state index contributed by atoms with van der Waals surface area (Å²) in [5.41, 5.74) is 0.800. The van der Waals surface area contributed by atoms with Crippen molar-refractivity contribution >= 4 is 16.2 Å². The molecule has 0 fully saturated rings. The van der Waals surface area contributed by atoms with E-state index in [1.54, 1.807) is 24.3 Å². The average Bonchev–Trinajstić information content (AvgIpc) is 2.36. The zero-order valence-corrected chi connectivity index (χ0v) is 12.4. The molecule has 0 heterocycles. The molecule has 3 N–H and O–H groups in total. The fraction of sp³-hybridized carbons (Fsp3) is 0.462. The van der Waals surface area contributed by atoms with Crippen molar-refractivity contribution in [1.29, 1.82) is 0 Å². The molecule has 1 atom stereocenters. The van der Waals surface area contributed by atoms with Gasteiger partial charge in [-0.1, -0.05) is 44.2 Å². The van der Waals surface area contributed by atoms with Gasteiger partial charge < -0.3 is 5.11 Å². The van der Waals surface area contributed by atoms with Crippen LogP contribution in [-0.2, 0) is 21.5 Å². The number of benzene rings is 1. The number of carboxylic acids is 1. The van der Waals surface area contributed by atoms with Crippen LogP contribution < -0.4 is 9.44 Å². The molecule has 0 aliphatic carbocycles. The van der Waals surface area contributed by atoms with Gasteiger partial charge in [-0.3, -0.25) is 4.79 Å². The van der Waals surface area contributed by atoms with E-state index in [1.165, 1.54) is 0 Å². The molecule has 20 heavy (non-hydrogen) atoms. The Balaban J connectivity index is 2.61.